The van der Waals surface area contributed by atoms with Crippen LogP contribution in [-0.4, -0.2) is 59.2 Å². The second-order valence-corrected chi connectivity index (χ2v) is 3.65. The van der Waals surface area contributed by atoms with Crippen molar-refractivity contribution in [1.82, 2.24) is 0 Å². The average molecular weight is 221 g/mol. The van der Waals surface area contributed by atoms with Crippen molar-refractivity contribution >= 4 is 0 Å². The fourth-order valence-corrected chi connectivity index (χ4v) is 1.49. The van der Waals surface area contributed by atoms with Crippen LogP contribution in [0.1, 0.15) is 13.3 Å². The monoisotopic (exact) mass is 221 g/mol. The summed E-state index contributed by atoms with van der Waals surface area (Å²) >= 11 is 0. The molecule has 6 nitrogen and oxygen atoms in total. The van der Waals surface area contributed by atoms with Crippen LogP contribution in [-0.2, 0) is 9.47 Å². The molecule has 15 heavy (non-hydrogen) atoms. The van der Waals surface area contributed by atoms with Gasteiger partial charge >= 0.3 is 0 Å². The molecule has 0 unspecified atom stereocenters. The van der Waals surface area contributed by atoms with E-state index in [2.05, 4.69) is 0 Å². The third-order valence-electron chi connectivity index (χ3n) is 2.41. The van der Waals surface area contributed by atoms with Gasteiger partial charge in [0.25, 0.3) is 0 Å². The summed E-state index contributed by atoms with van der Waals surface area (Å²) in [6.07, 6.45) is -3.14. The van der Waals surface area contributed by atoms with Gasteiger partial charge in [-0.2, -0.15) is 0 Å². The SMILES string of the molecule is CCCO[C@H]1O[C@H](CO)[C@@H](O)[C@H](O)[C@H]1N. The van der Waals surface area contributed by atoms with Crippen molar-refractivity contribution < 1.29 is 24.8 Å². The lowest BCUT2D eigenvalue weighted by molar-refractivity contribution is -0.265. The van der Waals surface area contributed by atoms with Crippen molar-refractivity contribution in [3.63, 3.8) is 0 Å². The summed E-state index contributed by atoms with van der Waals surface area (Å²) in [5, 5.41) is 28.0. The molecular weight excluding hydrogens is 202 g/mol. The second-order valence-electron chi connectivity index (χ2n) is 3.65. The first-order valence-corrected chi connectivity index (χ1v) is 5.11. The summed E-state index contributed by atoms with van der Waals surface area (Å²) in [5.41, 5.74) is 5.63. The third kappa shape index (κ3) is 2.87. The smallest absolute Gasteiger partial charge is 0.175 e. The molecule has 0 saturated carbocycles. The van der Waals surface area contributed by atoms with Crippen LogP contribution in [0.3, 0.4) is 0 Å². The van der Waals surface area contributed by atoms with E-state index in [0.717, 1.165) is 6.42 Å². The van der Waals surface area contributed by atoms with Crippen LogP contribution in [0, 0.1) is 0 Å². The quantitative estimate of drug-likeness (QED) is 0.445. The van der Waals surface area contributed by atoms with Crippen LogP contribution in [0.2, 0.25) is 0 Å². The number of rotatable bonds is 4. The Bertz CT molecular complexity index is 189. The first kappa shape index (κ1) is 12.8. The zero-order valence-corrected chi connectivity index (χ0v) is 8.74. The number of ether oxygens (including phenoxy) is 2. The molecule has 0 radical (unpaired) electrons. The van der Waals surface area contributed by atoms with E-state index in [1.54, 1.807) is 0 Å². The summed E-state index contributed by atoms with van der Waals surface area (Å²) in [6.45, 7) is 2.01. The molecule has 0 aromatic carbocycles. The van der Waals surface area contributed by atoms with E-state index in [9.17, 15) is 10.2 Å². The summed E-state index contributed by atoms with van der Waals surface area (Å²) in [5.74, 6) is 0. The first-order valence-electron chi connectivity index (χ1n) is 5.11. The van der Waals surface area contributed by atoms with Crippen molar-refractivity contribution in [2.75, 3.05) is 13.2 Å². The lowest BCUT2D eigenvalue weighted by atomic mass is 9.98. The van der Waals surface area contributed by atoms with Gasteiger partial charge < -0.3 is 30.5 Å². The highest BCUT2D eigenvalue weighted by Gasteiger charge is 2.42. The molecule has 1 saturated heterocycles. The standard InChI is InChI=1S/C9H19NO5/c1-2-3-14-9-6(10)8(13)7(12)5(4-11)15-9/h5-9,11-13H,2-4,10H2,1H3/t5-,6-,7-,8-,9+/m1/s1. The Balaban J connectivity index is 2.57. The molecule has 5 atom stereocenters. The molecule has 6 heteroatoms. The minimum Gasteiger partial charge on any atom is -0.394 e. The third-order valence-corrected chi connectivity index (χ3v) is 2.41. The largest absolute Gasteiger partial charge is 0.394 e. The van der Waals surface area contributed by atoms with E-state index in [4.69, 9.17) is 20.3 Å². The van der Waals surface area contributed by atoms with Crippen LogP contribution in [0.15, 0.2) is 0 Å². The zero-order valence-electron chi connectivity index (χ0n) is 8.74. The topological polar surface area (TPSA) is 105 Å². The van der Waals surface area contributed by atoms with Gasteiger partial charge in [-0.15, -0.1) is 0 Å². The summed E-state index contributed by atoms with van der Waals surface area (Å²) in [7, 11) is 0. The van der Waals surface area contributed by atoms with Crippen LogP contribution in [0.5, 0.6) is 0 Å². The Morgan fingerprint density at radius 2 is 2.00 bits per heavy atom. The molecular formula is C9H19NO5. The summed E-state index contributed by atoms with van der Waals surface area (Å²) < 4.78 is 10.5. The van der Waals surface area contributed by atoms with Crippen molar-refractivity contribution in [2.24, 2.45) is 5.73 Å². The minimum atomic E-state index is -1.17. The lowest BCUT2D eigenvalue weighted by Crippen LogP contribution is -2.62. The van der Waals surface area contributed by atoms with Crippen molar-refractivity contribution in [1.29, 1.82) is 0 Å². The van der Waals surface area contributed by atoms with E-state index in [-0.39, 0.29) is 6.61 Å². The molecule has 1 aliphatic heterocycles. The van der Waals surface area contributed by atoms with Crippen molar-refractivity contribution in [3.8, 4) is 0 Å². The predicted molar refractivity (Wildman–Crippen MR) is 52.0 cm³/mol. The Hall–Kier alpha value is -0.240. The molecule has 1 fully saturated rings. The molecule has 1 rings (SSSR count). The summed E-state index contributed by atoms with van der Waals surface area (Å²) in [4.78, 5) is 0. The number of nitrogens with two attached hydrogens (primary N) is 1. The molecule has 90 valence electrons. The van der Waals surface area contributed by atoms with Crippen LogP contribution >= 0.6 is 0 Å². The van der Waals surface area contributed by atoms with Gasteiger partial charge in [0.2, 0.25) is 0 Å². The molecule has 0 aromatic rings. The van der Waals surface area contributed by atoms with Crippen LogP contribution in [0.25, 0.3) is 0 Å². The number of hydrogen-bond acceptors (Lipinski definition) is 6. The molecule has 5 N–H and O–H groups in total. The predicted octanol–water partition coefficient (Wildman–Crippen LogP) is -1.82. The van der Waals surface area contributed by atoms with Gasteiger partial charge in [0, 0.05) is 6.61 Å². The van der Waals surface area contributed by atoms with Crippen LogP contribution < -0.4 is 5.73 Å². The Labute approximate surface area is 88.6 Å². The molecule has 0 aliphatic carbocycles. The Morgan fingerprint density at radius 3 is 2.53 bits per heavy atom. The van der Waals surface area contributed by atoms with Gasteiger partial charge in [0.15, 0.2) is 6.29 Å². The van der Waals surface area contributed by atoms with E-state index < -0.39 is 30.6 Å². The fraction of sp³-hybridized carbons (Fsp3) is 1.00. The normalized spacial score (nSPS) is 41.8. The second kappa shape index (κ2) is 5.74. The lowest BCUT2D eigenvalue weighted by Gasteiger charge is -2.40. The van der Waals surface area contributed by atoms with E-state index in [1.165, 1.54) is 0 Å². The molecule has 0 aromatic heterocycles. The van der Waals surface area contributed by atoms with Crippen LogP contribution in [0.4, 0.5) is 0 Å². The minimum absolute atomic E-state index is 0.378. The van der Waals surface area contributed by atoms with Gasteiger partial charge in [-0.25, -0.2) is 0 Å². The van der Waals surface area contributed by atoms with Gasteiger partial charge in [-0.1, -0.05) is 6.92 Å². The fourth-order valence-electron chi connectivity index (χ4n) is 1.49. The van der Waals surface area contributed by atoms with Gasteiger partial charge in [0.1, 0.15) is 18.3 Å². The van der Waals surface area contributed by atoms with Gasteiger partial charge in [0.05, 0.1) is 12.6 Å². The van der Waals surface area contributed by atoms with E-state index in [1.807, 2.05) is 6.92 Å². The summed E-state index contributed by atoms with van der Waals surface area (Å²) in [6, 6.07) is -0.797. The molecule has 0 spiro atoms. The Kier molecular flexibility index (Phi) is 4.91. The van der Waals surface area contributed by atoms with Gasteiger partial charge in [-0.05, 0) is 6.42 Å². The zero-order chi connectivity index (χ0) is 11.4. The molecule has 0 amide bonds. The maximum Gasteiger partial charge on any atom is 0.175 e. The molecule has 1 heterocycles. The van der Waals surface area contributed by atoms with E-state index in [0.29, 0.717) is 6.61 Å². The molecule has 1 aliphatic rings. The highest BCUT2D eigenvalue weighted by atomic mass is 16.7. The maximum atomic E-state index is 9.57. The average Bonchev–Trinajstić information content (AvgIpc) is 2.25. The van der Waals surface area contributed by atoms with E-state index >= 15 is 0 Å². The Morgan fingerprint density at radius 1 is 1.33 bits per heavy atom. The van der Waals surface area contributed by atoms with Crippen molar-refractivity contribution in [3.05, 3.63) is 0 Å². The first-order chi connectivity index (χ1) is 7.11. The van der Waals surface area contributed by atoms with Gasteiger partial charge in [-0.3, -0.25) is 0 Å². The maximum absolute atomic E-state index is 9.57. The highest BCUT2D eigenvalue weighted by molar-refractivity contribution is 4.91. The highest BCUT2D eigenvalue weighted by Crippen LogP contribution is 2.20. The molecule has 0 bridgehead atoms. The number of aliphatic hydroxyl groups excluding tert-OH is 3. The number of aliphatic hydroxyl groups is 3. The number of hydrogen-bond donors (Lipinski definition) is 4. The van der Waals surface area contributed by atoms with Crippen molar-refractivity contribution in [2.45, 2.75) is 44.0 Å².